The fourth-order valence-electron chi connectivity index (χ4n) is 2.76. The van der Waals surface area contributed by atoms with Crippen molar-refractivity contribution in [3.63, 3.8) is 0 Å². The lowest BCUT2D eigenvalue weighted by Gasteiger charge is -2.09. The quantitative estimate of drug-likeness (QED) is 0.395. The third kappa shape index (κ3) is 5.39. The van der Waals surface area contributed by atoms with Crippen LogP contribution in [0.5, 0.6) is 0 Å². The van der Waals surface area contributed by atoms with Crippen LogP contribution in [-0.2, 0) is 25.6 Å². The third-order valence-electron chi connectivity index (χ3n) is 4.29. The van der Waals surface area contributed by atoms with Gasteiger partial charge in [-0.1, -0.05) is 18.2 Å². The number of aryl methyl sites for hydroxylation is 1. The van der Waals surface area contributed by atoms with Gasteiger partial charge >= 0.3 is 11.9 Å². The lowest BCUT2D eigenvalue weighted by atomic mass is 10.1. The van der Waals surface area contributed by atoms with E-state index >= 15 is 0 Å². The lowest BCUT2D eigenvalue weighted by molar-refractivity contribution is -0.141. The highest BCUT2D eigenvalue weighted by molar-refractivity contribution is 6.00. The molecule has 0 spiro atoms. The lowest BCUT2D eigenvalue weighted by Crippen LogP contribution is -2.14. The summed E-state index contributed by atoms with van der Waals surface area (Å²) in [6.45, 7) is 3.55. The topological polar surface area (TPSA) is 74.6 Å². The molecule has 0 saturated carbocycles. The van der Waals surface area contributed by atoms with E-state index in [-0.39, 0.29) is 23.7 Å². The number of ketones is 1. The zero-order valence-corrected chi connectivity index (χ0v) is 16.0. The number of nitrogens with zero attached hydrogens (tertiary/aromatic N) is 1. The monoisotopic (exact) mass is 387 g/mol. The summed E-state index contributed by atoms with van der Waals surface area (Å²) in [6.07, 6.45) is 2.56. The largest absolute Gasteiger partial charge is 0.469 e. The van der Waals surface area contributed by atoms with Crippen LogP contribution in [0.15, 0.2) is 36.4 Å². The molecule has 1 heterocycles. The van der Waals surface area contributed by atoms with Crippen LogP contribution in [0.3, 0.4) is 0 Å². The van der Waals surface area contributed by atoms with Gasteiger partial charge in [-0.3, -0.25) is 9.59 Å². The van der Waals surface area contributed by atoms with E-state index in [2.05, 4.69) is 4.74 Å². The predicted molar refractivity (Wildman–Crippen MR) is 101 cm³/mol. The number of carbonyl (C=O) groups excluding carboxylic acids is 3. The molecule has 28 heavy (non-hydrogen) atoms. The van der Waals surface area contributed by atoms with Gasteiger partial charge in [0, 0.05) is 35.1 Å². The van der Waals surface area contributed by atoms with Crippen molar-refractivity contribution in [2.45, 2.75) is 26.8 Å². The van der Waals surface area contributed by atoms with E-state index in [0.717, 1.165) is 11.8 Å². The number of esters is 2. The van der Waals surface area contributed by atoms with E-state index in [1.807, 2.05) is 11.5 Å². The fraction of sp³-hybridized carbons (Fsp3) is 0.286. The average Bonchev–Trinajstić information content (AvgIpc) is 2.97. The summed E-state index contributed by atoms with van der Waals surface area (Å²) >= 11 is 0. The minimum Gasteiger partial charge on any atom is -0.469 e. The summed E-state index contributed by atoms with van der Waals surface area (Å²) < 4.78 is 24.9. The molecule has 1 aromatic carbocycles. The molecular formula is C21H22FNO5. The Kier molecular flexibility index (Phi) is 7.26. The van der Waals surface area contributed by atoms with Crippen LogP contribution in [0.1, 0.15) is 33.7 Å². The Morgan fingerprint density at radius 1 is 1.18 bits per heavy atom. The minimum absolute atomic E-state index is 0.191. The fourth-order valence-corrected chi connectivity index (χ4v) is 2.76. The standard InChI is InChI=1S/C21H22FNO5/c1-14-12-17(15(2)23(14)11-10-20(25)27-3)19(24)13-28-21(26)9-8-16-6-4-5-7-18(16)22/h4-9,12H,10-11,13H2,1-3H3/b9-8+. The van der Waals surface area contributed by atoms with Crippen molar-refractivity contribution in [2.24, 2.45) is 0 Å². The van der Waals surface area contributed by atoms with Gasteiger partial charge in [0.15, 0.2) is 6.61 Å². The van der Waals surface area contributed by atoms with Crippen LogP contribution in [0.4, 0.5) is 4.39 Å². The molecule has 2 rings (SSSR count). The summed E-state index contributed by atoms with van der Waals surface area (Å²) in [4.78, 5) is 35.5. The van der Waals surface area contributed by atoms with Gasteiger partial charge in [0.2, 0.25) is 5.78 Å². The molecule has 7 heteroatoms. The summed E-state index contributed by atoms with van der Waals surface area (Å²) in [7, 11) is 1.32. The first-order chi connectivity index (χ1) is 13.3. The van der Waals surface area contributed by atoms with Crippen LogP contribution in [0.2, 0.25) is 0 Å². The van der Waals surface area contributed by atoms with Gasteiger partial charge in [-0.15, -0.1) is 0 Å². The van der Waals surface area contributed by atoms with Gasteiger partial charge in [-0.2, -0.15) is 0 Å². The van der Waals surface area contributed by atoms with E-state index in [4.69, 9.17) is 4.74 Å². The van der Waals surface area contributed by atoms with Crippen molar-refractivity contribution in [3.05, 3.63) is 64.7 Å². The maximum atomic E-state index is 13.5. The molecule has 0 saturated heterocycles. The van der Waals surface area contributed by atoms with E-state index < -0.39 is 18.4 Å². The smallest absolute Gasteiger partial charge is 0.331 e. The Bertz CT molecular complexity index is 914. The number of carbonyl (C=O) groups is 3. The van der Waals surface area contributed by atoms with Crippen molar-refractivity contribution in [3.8, 4) is 0 Å². The van der Waals surface area contributed by atoms with Gasteiger partial charge in [-0.25, -0.2) is 9.18 Å². The number of hydrogen-bond acceptors (Lipinski definition) is 5. The molecule has 6 nitrogen and oxygen atoms in total. The molecule has 0 aliphatic carbocycles. The highest BCUT2D eigenvalue weighted by Gasteiger charge is 2.17. The van der Waals surface area contributed by atoms with Crippen LogP contribution >= 0.6 is 0 Å². The number of ether oxygens (including phenoxy) is 2. The number of rotatable bonds is 8. The molecule has 0 fully saturated rings. The number of methoxy groups -OCH3 is 1. The molecule has 1 aromatic heterocycles. The normalized spacial score (nSPS) is 10.9. The first-order valence-corrected chi connectivity index (χ1v) is 8.69. The molecular weight excluding hydrogens is 365 g/mol. The molecule has 0 aliphatic rings. The SMILES string of the molecule is COC(=O)CCn1c(C)cc(C(=O)COC(=O)/C=C/c2ccccc2F)c1C. The zero-order valence-electron chi connectivity index (χ0n) is 16.0. The Morgan fingerprint density at radius 3 is 2.57 bits per heavy atom. The molecule has 0 aliphatic heterocycles. The van der Waals surface area contributed by atoms with Crippen molar-refractivity contribution in [1.82, 2.24) is 4.57 Å². The molecule has 148 valence electrons. The van der Waals surface area contributed by atoms with Crippen LogP contribution in [0.25, 0.3) is 6.08 Å². The molecule has 0 unspecified atom stereocenters. The van der Waals surface area contributed by atoms with Crippen molar-refractivity contribution in [2.75, 3.05) is 13.7 Å². The Morgan fingerprint density at radius 2 is 1.89 bits per heavy atom. The number of aromatic nitrogens is 1. The number of Topliss-reactive ketones (excluding diaryl/α,β-unsaturated/α-hetero) is 1. The second kappa shape index (κ2) is 9.64. The summed E-state index contributed by atoms with van der Waals surface area (Å²) in [6, 6.07) is 7.69. The highest BCUT2D eigenvalue weighted by atomic mass is 19.1. The van der Waals surface area contributed by atoms with Crippen LogP contribution in [-0.4, -0.2) is 36.0 Å². The third-order valence-corrected chi connectivity index (χ3v) is 4.29. The first kappa shape index (κ1) is 21.1. The number of benzene rings is 1. The molecule has 0 bridgehead atoms. The maximum absolute atomic E-state index is 13.5. The second-order valence-corrected chi connectivity index (χ2v) is 6.15. The van der Waals surface area contributed by atoms with Gasteiger partial charge in [-0.05, 0) is 32.1 Å². The molecule has 0 N–H and O–H groups in total. The average molecular weight is 387 g/mol. The van der Waals surface area contributed by atoms with Gasteiger partial charge in [0.05, 0.1) is 13.5 Å². The predicted octanol–water partition coefficient (Wildman–Crippen LogP) is 3.25. The van der Waals surface area contributed by atoms with E-state index in [9.17, 15) is 18.8 Å². The minimum atomic E-state index is -0.740. The van der Waals surface area contributed by atoms with Crippen molar-refractivity contribution < 1.29 is 28.2 Å². The first-order valence-electron chi connectivity index (χ1n) is 8.69. The molecule has 0 atom stereocenters. The Balaban J connectivity index is 1.96. The summed E-state index contributed by atoms with van der Waals surface area (Å²) in [5.74, 6) is -1.89. The van der Waals surface area contributed by atoms with Crippen LogP contribution < -0.4 is 0 Å². The van der Waals surface area contributed by atoms with Gasteiger partial charge in [0.1, 0.15) is 5.82 Å². The van der Waals surface area contributed by atoms with Crippen molar-refractivity contribution >= 4 is 23.8 Å². The van der Waals surface area contributed by atoms with Gasteiger partial charge < -0.3 is 14.0 Å². The second-order valence-electron chi connectivity index (χ2n) is 6.15. The van der Waals surface area contributed by atoms with Crippen molar-refractivity contribution in [1.29, 1.82) is 0 Å². The number of halogens is 1. The highest BCUT2D eigenvalue weighted by Crippen LogP contribution is 2.17. The van der Waals surface area contributed by atoms with E-state index in [1.54, 1.807) is 25.1 Å². The summed E-state index contributed by atoms with van der Waals surface area (Å²) in [5.41, 5.74) is 2.17. The Hall–Kier alpha value is -3.22. The number of hydrogen-bond donors (Lipinski definition) is 0. The van der Waals surface area contributed by atoms with Crippen LogP contribution in [0, 0.1) is 19.7 Å². The molecule has 0 amide bonds. The molecule has 0 radical (unpaired) electrons. The zero-order chi connectivity index (χ0) is 20.7. The van der Waals surface area contributed by atoms with E-state index in [1.165, 1.54) is 25.3 Å². The van der Waals surface area contributed by atoms with E-state index in [0.29, 0.717) is 17.8 Å². The van der Waals surface area contributed by atoms with Gasteiger partial charge in [0.25, 0.3) is 0 Å². The Labute approximate surface area is 162 Å². The molecule has 2 aromatic rings. The summed E-state index contributed by atoms with van der Waals surface area (Å²) in [5, 5.41) is 0. The maximum Gasteiger partial charge on any atom is 0.331 e.